The molecule has 1 fully saturated rings. The molecule has 1 aliphatic rings. The van der Waals surface area contributed by atoms with Gasteiger partial charge >= 0.3 is 0 Å². The Morgan fingerprint density at radius 3 is 2.47 bits per heavy atom. The van der Waals surface area contributed by atoms with Gasteiger partial charge in [-0.2, -0.15) is 0 Å². The van der Waals surface area contributed by atoms with E-state index in [1.807, 2.05) is 0 Å². The van der Waals surface area contributed by atoms with Crippen molar-refractivity contribution < 1.29 is 4.74 Å². The van der Waals surface area contributed by atoms with Crippen molar-refractivity contribution in [2.45, 2.75) is 32.7 Å². The van der Waals surface area contributed by atoms with E-state index in [0.717, 1.165) is 24.1 Å². The van der Waals surface area contributed by atoms with Crippen molar-refractivity contribution in [2.24, 2.45) is 11.8 Å². The molecule has 1 aliphatic carbocycles. The lowest BCUT2D eigenvalue weighted by Crippen LogP contribution is -2.24. The number of rotatable bonds is 6. The molecule has 1 N–H and O–H groups in total. The molecule has 0 aromatic heterocycles. The van der Waals surface area contributed by atoms with Crippen LogP contribution in [0, 0.1) is 11.8 Å². The van der Waals surface area contributed by atoms with Crippen molar-refractivity contribution in [3.8, 4) is 5.75 Å². The second kappa shape index (κ2) is 5.54. The Balaban J connectivity index is 2.07. The summed E-state index contributed by atoms with van der Waals surface area (Å²) in [5, 5.41) is 3.67. The van der Waals surface area contributed by atoms with Gasteiger partial charge in [-0.1, -0.05) is 26.0 Å². The van der Waals surface area contributed by atoms with Crippen molar-refractivity contribution in [3.63, 3.8) is 0 Å². The van der Waals surface area contributed by atoms with Gasteiger partial charge in [0.15, 0.2) is 0 Å². The summed E-state index contributed by atoms with van der Waals surface area (Å²) in [7, 11) is 1.71. The summed E-state index contributed by atoms with van der Waals surface area (Å²) in [4.78, 5) is 0. The molecule has 0 aliphatic heterocycles. The second-order valence-corrected chi connectivity index (χ2v) is 5.08. The normalized spacial score (nSPS) is 24.4. The van der Waals surface area contributed by atoms with E-state index in [2.05, 4.69) is 43.4 Å². The summed E-state index contributed by atoms with van der Waals surface area (Å²) in [6.45, 7) is 5.66. The van der Waals surface area contributed by atoms with Gasteiger partial charge in [0, 0.05) is 6.04 Å². The van der Waals surface area contributed by atoms with Crippen LogP contribution >= 0.6 is 0 Å². The molecule has 94 valence electrons. The minimum Gasteiger partial charge on any atom is -0.497 e. The Morgan fingerprint density at radius 2 is 2.00 bits per heavy atom. The van der Waals surface area contributed by atoms with Crippen molar-refractivity contribution >= 4 is 0 Å². The Hall–Kier alpha value is -1.02. The summed E-state index contributed by atoms with van der Waals surface area (Å²) in [5.74, 6) is 2.62. The third kappa shape index (κ3) is 3.01. The number of benzene rings is 1. The summed E-state index contributed by atoms with van der Waals surface area (Å²) in [6.07, 6.45) is 2.54. The number of nitrogens with one attached hydrogen (secondary N) is 1. The van der Waals surface area contributed by atoms with Gasteiger partial charge in [0.2, 0.25) is 0 Å². The molecular weight excluding hydrogens is 210 g/mol. The van der Waals surface area contributed by atoms with Crippen molar-refractivity contribution in [2.75, 3.05) is 13.7 Å². The van der Waals surface area contributed by atoms with Crippen LogP contribution in [0.25, 0.3) is 0 Å². The Kier molecular flexibility index (Phi) is 4.06. The van der Waals surface area contributed by atoms with E-state index in [0.29, 0.717) is 6.04 Å². The third-order valence-electron chi connectivity index (χ3n) is 3.69. The molecule has 0 saturated heterocycles. The SMILES string of the molecule is CCCNC(c1ccc(OC)cc1)C1CC1C. The van der Waals surface area contributed by atoms with E-state index in [1.54, 1.807) is 7.11 Å². The quantitative estimate of drug-likeness (QED) is 0.813. The fourth-order valence-corrected chi connectivity index (χ4v) is 2.44. The maximum absolute atomic E-state index is 5.21. The molecule has 17 heavy (non-hydrogen) atoms. The van der Waals surface area contributed by atoms with Crippen molar-refractivity contribution in [1.82, 2.24) is 5.32 Å². The minimum absolute atomic E-state index is 0.524. The van der Waals surface area contributed by atoms with E-state index in [1.165, 1.54) is 18.4 Å². The molecule has 0 heterocycles. The van der Waals surface area contributed by atoms with Gasteiger partial charge in [-0.3, -0.25) is 0 Å². The number of ether oxygens (including phenoxy) is 1. The predicted molar refractivity (Wildman–Crippen MR) is 71.3 cm³/mol. The van der Waals surface area contributed by atoms with Gasteiger partial charge in [-0.25, -0.2) is 0 Å². The molecule has 2 heteroatoms. The molecule has 0 amide bonds. The maximum atomic E-state index is 5.21. The number of hydrogen-bond acceptors (Lipinski definition) is 2. The number of methoxy groups -OCH3 is 1. The van der Waals surface area contributed by atoms with Crippen molar-refractivity contribution in [1.29, 1.82) is 0 Å². The van der Waals surface area contributed by atoms with E-state index in [9.17, 15) is 0 Å². The zero-order valence-electron chi connectivity index (χ0n) is 11.1. The lowest BCUT2D eigenvalue weighted by atomic mass is 10.0. The summed E-state index contributed by atoms with van der Waals surface area (Å²) in [5.41, 5.74) is 1.40. The Bertz CT molecular complexity index is 346. The van der Waals surface area contributed by atoms with E-state index in [-0.39, 0.29) is 0 Å². The summed E-state index contributed by atoms with van der Waals surface area (Å²) >= 11 is 0. The van der Waals surface area contributed by atoms with E-state index in [4.69, 9.17) is 4.74 Å². The topological polar surface area (TPSA) is 21.3 Å². The van der Waals surface area contributed by atoms with Crippen LogP contribution in [0.2, 0.25) is 0 Å². The van der Waals surface area contributed by atoms with Crippen LogP contribution in [0.15, 0.2) is 24.3 Å². The average Bonchev–Trinajstić information content (AvgIpc) is 3.08. The number of hydrogen-bond donors (Lipinski definition) is 1. The molecule has 0 bridgehead atoms. The van der Waals surface area contributed by atoms with Gasteiger partial charge in [-0.15, -0.1) is 0 Å². The van der Waals surface area contributed by atoms with Crippen LogP contribution in [-0.2, 0) is 0 Å². The van der Waals surface area contributed by atoms with Crippen LogP contribution in [0.3, 0.4) is 0 Å². The molecule has 2 rings (SSSR count). The molecule has 3 unspecified atom stereocenters. The molecule has 0 spiro atoms. The highest BCUT2D eigenvalue weighted by molar-refractivity contribution is 5.30. The Labute approximate surface area is 104 Å². The van der Waals surface area contributed by atoms with E-state index >= 15 is 0 Å². The summed E-state index contributed by atoms with van der Waals surface area (Å²) < 4.78 is 5.21. The molecule has 1 aromatic carbocycles. The first-order chi connectivity index (χ1) is 8.26. The first-order valence-electron chi connectivity index (χ1n) is 6.63. The maximum Gasteiger partial charge on any atom is 0.118 e. The van der Waals surface area contributed by atoms with Gasteiger partial charge in [0.25, 0.3) is 0 Å². The molecule has 2 nitrogen and oxygen atoms in total. The molecule has 3 atom stereocenters. The van der Waals surface area contributed by atoms with Crippen LogP contribution in [0.4, 0.5) is 0 Å². The van der Waals surface area contributed by atoms with E-state index < -0.39 is 0 Å². The van der Waals surface area contributed by atoms with Crippen LogP contribution in [0.5, 0.6) is 5.75 Å². The van der Waals surface area contributed by atoms with Crippen molar-refractivity contribution in [3.05, 3.63) is 29.8 Å². The standard InChI is InChI=1S/C15H23NO/c1-4-9-16-15(14-10-11(14)2)12-5-7-13(17-3)8-6-12/h5-8,11,14-16H,4,9-10H2,1-3H3. The minimum atomic E-state index is 0.524. The Morgan fingerprint density at radius 1 is 1.35 bits per heavy atom. The molecule has 0 radical (unpaired) electrons. The first kappa shape index (κ1) is 12.4. The van der Waals surface area contributed by atoms with Gasteiger partial charge < -0.3 is 10.1 Å². The monoisotopic (exact) mass is 233 g/mol. The largest absolute Gasteiger partial charge is 0.497 e. The fourth-order valence-electron chi connectivity index (χ4n) is 2.44. The first-order valence-corrected chi connectivity index (χ1v) is 6.63. The van der Waals surface area contributed by atoms with Gasteiger partial charge in [0.1, 0.15) is 5.75 Å². The average molecular weight is 233 g/mol. The van der Waals surface area contributed by atoms with Crippen LogP contribution in [0.1, 0.15) is 38.3 Å². The second-order valence-electron chi connectivity index (χ2n) is 5.08. The molecule has 1 aromatic rings. The third-order valence-corrected chi connectivity index (χ3v) is 3.69. The predicted octanol–water partition coefficient (Wildman–Crippen LogP) is 3.39. The molecular formula is C15H23NO. The highest BCUT2D eigenvalue weighted by Gasteiger charge is 2.39. The molecule has 1 saturated carbocycles. The van der Waals surface area contributed by atoms with Gasteiger partial charge in [-0.05, 0) is 48.9 Å². The van der Waals surface area contributed by atoms with Gasteiger partial charge in [0.05, 0.1) is 7.11 Å². The van der Waals surface area contributed by atoms with Crippen LogP contribution < -0.4 is 10.1 Å². The van der Waals surface area contributed by atoms with Crippen LogP contribution in [-0.4, -0.2) is 13.7 Å². The lowest BCUT2D eigenvalue weighted by Gasteiger charge is -2.19. The highest BCUT2D eigenvalue weighted by Crippen LogP contribution is 2.47. The lowest BCUT2D eigenvalue weighted by molar-refractivity contribution is 0.413. The highest BCUT2D eigenvalue weighted by atomic mass is 16.5. The zero-order chi connectivity index (χ0) is 12.3. The smallest absolute Gasteiger partial charge is 0.118 e. The zero-order valence-corrected chi connectivity index (χ0v) is 11.1. The fraction of sp³-hybridized carbons (Fsp3) is 0.600. The summed E-state index contributed by atoms with van der Waals surface area (Å²) in [6, 6.07) is 9.02.